The van der Waals surface area contributed by atoms with Crippen molar-refractivity contribution >= 4 is 24.8 Å². The molecule has 0 aliphatic carbocycles. The van der Waals surface area contributed by atoms with Crippen molar-refractivity contribution in [3.05, 3.63) is 29.1 Å². The van der Waals surface area contributed by atoms with Crippen LogP contribution in [0.1, 0.15) is 30.0 Å². The predicted octanol–water partition coefficient (Wildman–Crippen LogP) is 2.62. The van der Waals surface area contributed by atoms with E-state index in [1.807, 2.05) is 0 Å². The second kappa shape index (κ2) is 10.1. The van der Waals surface area contributed by atoms with Crippen LogP contribution < -0.4 is 5.32 Å². The second-order valence-corrected chi connectivity index (χ2v) is 6.15. The van der Waals surface area contributed by atoms with Gasteiger partial charge in [0.1, 0.15) is 23.2 Å². The lowest BCUT2D eigenvalue weighted by molar-refractivity contribution is 0.0206. The first-order valence-electron chi connectivity index (χ1n) is 8.16. The summed E-state index contributed by atoms with van der Waals surface area (Å²) in [5.74, 6) is -0.535. The van der Waals surface area contributed by atoms with E-state index in [1.165, 1.54) is 6.07 Å². The Bertz CT molecular complexity index is 582. The number of halogens is 3. The molecule has 3 rings (SSSR count). The van der Waals surface area contributed by atoms with Crippen LogP contribution in [-0.2, 0) is 4.74 Å². The van der Waals surface area contributed by atoms with Gasteiger partial charge in [0.15, 0.2) is 0 Å². The average Bonchev–Trinajstić information content (AvgIpc) is 2.60. The normalized spacial score (nSPS) is 20.0. The summed E-state index contributed by atoms with van der Waals surface area (Å²) in [7, 11) is 0. The fourth-order valence-corrected chi connectivity index (χ4v) is 3.67. The number of nitrogens with one attached hydrogen (secondary N) is 1. The van der Waals surface area contributed by atoms with Crippen molar-refractivity contribution in [2.24, 2.45) is 5.92 Å². The van der Waals surface area contributed by atoms with Crippen molar-refractivity contribution in [3.63, 3.8) is 0 Å². The molecule has 1 aromatic carbocycles. The maximum absolute atomic E-state index is 13.8. The standard InChI is InChI=1S/C17H22FN3O2.2ClH/c18-15-2-1-13(17(22)14(15)11-19)16(12-3-9-23-10-4-12)21-7-5-20-6-8-21;;/h1-2,12,16,20,22H,3-10H2;2*1H/t16-;;/m0../s1. The van der Waals surface area contributed by atoms with E-state index in [0.29, 0.717) is 24.7 Å². The molecular formula is C17H24Cl2FN3O2. The Hall–Kier alpha value is -1.10. The minimum Gasteiger partial charge on any atom is -0.506 e. The zero-order valence-corrected chi connectivity index (χ0v) is 15.5. The number of benzene rings is 1. The molecule has 2 heterocycles. The lowest BCUT2D eigenvalue weighted by Gasteiger charge is -2.41. The van der Waals surface area contributed by atoms with Crippen molar-refractivity contribution < 1.29 is 14.2 Å². The van der Waals surface area contributed by atoms with Crippen LogP contribution in [0.25, 0.3) is 0 Å². The number of piperazine rings is 1. The predicted molar refractivity (Wildman–Crippen MR) is 98.0 cm³/mol. The van der Waals surface area contributed by atoms with Gasteiger partial charge < -0.3 is 15.2 Å². The van der Waals surface area contributed by atoms with E-state index in [-0.39, 0.29) is 42.2 Å². The monoisotopic (exact) mass is 391 g/mol. The first kappa shape index (κ1) is 21.9. The molecule has 0 amide bonds. The number of rotatable bonds is 3. The third-order valence-electron chi connectivity index (χ3n) is 4.85. The van der Waals surface area contributed by atoms with Gasteiger partial charge in [-0.1, -0.05) is 6.07 Å². The van der Waals surface area contributed by atoms with Gasteiger partial charge in [0.25, 0.3) is 0 Å². The molecule has 2 N–H and O–H groups in total. The number of ether oxygens (including phenoxy) is 1. The molecule has 5 nitrogen and oxygen atoms in total. The molecule has 0 bridgehead atoms. The number of phenolic OH excluding ortho intramolecular Hbond substituents is 1. The van der Waals surface area contributed by atoms with E-state index < -0.39 is 5.82 Å². The summed E-state index contributed by atoms with van der Waals surface area (Å²) < 4.78 is 19.2. The van der Waals surface area contributed by atoms with Gasteiger partial charge in [0.2, 0.25) is 0 Å². The highest BCUT2D eigenvalue weighted by molar-refractivity contribution is 5.85. The molecule has 1 atom stereocenters. The number of nitrogens with zero attached hydrogens (tertiary/aromatic N) is 2. The zero-order chi connectivity index (χ0) is 16.2. The van der Waals surface area contributed by atoms with Gasteiger partial charge in [0, 0.05) is 51.0 Å². The van der Waals surface area contributed by atoms with Crippen molar-refractivity contribution in [3.8, 4) is 11.8 Å². The molecule has 2 saturated heterocycles. The number of phenols is 1. The third-order valence-corrected chi connectivity index (χ3v) is 4.85. The van der Waals surface area contributed by atoms with Crippen molar-refractivity contribution in [1.29, 1.82) is 5.26 Å². The van der Waals surface area contributed by atoms with Crippen LogP contribution in [0.15, 0.2) is 12.1 Å². The molecule has 0 unspecified atom stereocenters. The van der Waals surface area contributed by atoms with Crippen LogP contribution in [0.2, 0.25) is 0 Å². The van der Waals surface area contributed by atoms with E-state index in [2.05, 4.69) is 10.2 Å². The number of hydrogen-bond acceptors (Lipinski definition) is 5. The largest absolute Gasteiger partial charge is 0.506 e. The summed E-state index contributed by atoms with van der Waals surface area (Å²) in [5.41, 5.74) is 0.409. The van der Waals surface area contributed by atoms with E-state index in [1.54, 1.807) is 12.1 Å². The summed E-state index contributed by atoms with van der Waals surface area (Å²) in [5, 5.41) is 22.9. The lowest BCUT2D eigenvalue weighted by atomic mass is 9.84. The Morgan fingerprint density at radius 3 is 2.48 bits per heavy atom. The maximum atomic E-state index is 13.8. The molecule has 2 aliphatic rings. The van der Waals surface area contributed by atoms with Crippen LogP contribution in [0, 0.1) is 23.1 Å². The summed E-state index contributed by atoms with van der Waals surface area (Å²) in [6.07, 6.45) is 1.82. The first-order chi connectivity index (χ1) is 11.2. The van der Waals surface area contributed by atoms with Crippen molar-refractivity contribution in [1.82, 2.24) is 10.2 Å². The summed E-state index contributed by atoms with van der Waals surface area (Å²) in [6, 6.07) is 4.70. The average molecular weight is 392 g/mol. The van der Waals surface area contributed by atoms with Gasteiger partial charge in [0.05, 0.1) is 0 Å². The van der Waals surface area contributed by atoms with Crippen LogP contribution >= 0.6 is 24.8 Å². The van der Waals surface area contributed by atoms with Gasteiger partial charge in [-0.15, -0.1) is 24.8 Å². The Balaban J connectivity index is 0.00000156. The molecule has 2 fully saturated rings. The fraction of sp³-hybridized carbons (Fsp3) is 0.588. The molecule has 8 heteroatoms. The maximum Gasteiger partial charge on any atom is 0.144 e. The minimum absolute atomic E-state index is 0. The van der Waals surface area contributed by atoms with Crippen LogP contribution in [0.5, 0.6) is 5.75 Å². The topological polar surface area (TPSA) is 68.5 Å². The third kappa shape index (κ3) is 4.75. The Kier molecular flexibility index (Phi) is 8.91. The highest BCUT2D eigenvalue weighted by Crippen LogP contribution is 2.40. The SMILES string of the molecule is Cl.Cl.N#Cc1c(F)ccc([C@H](C2CCOCC2)N2CCNCC2)c1O. The Labute approximate surface area is 160 Å². The Morgan fingerprint density at radius 1 is 1.24 bits per heavy atom. The molecule has 1 aromatic rings. The van der Waals surface area contributed by atoms with E-state index in [9.17, 15) is 9.50 Å². The molecule has 140 valence electrons. The van der Waals surface area contributed by atoms with E-state index >= 15 is 0 Å². The van der Waals surface area contributed by atoms with Gasteiger partial charge >= 0.3 is 0 Å². The second-order valence-electron chi connectivity index (χ2n) is 6.15. The number of nitriles is 1. The first-order valence-corrected chi connectivity index (χ1v) is 8.16. The fourth-order valence-electron chi connectivity index (χ4n) is 3.67. The molecule has 0 saturated carbocycles. The van der Waals surface area contributed by atoms with Crippen LogP contribution in [0.3, 0.4) is 0 Å². The highest BCUT2D eigenvalue weighted by atomic mass is 35.5. The zero-order valence-electron chi connectivity index (χ0n) is 13.9. The highest BCUT2D eigenvalue weighted by Gasteiger charge is 2.33. The van der Waals surface area contributed by atoms with Crippen molar-refractivity contribution in [2.75, 3.05) is 39.4 Å². The number of hydrogen-bond donors (Lipinski definition) is 2. The Morgan fingerprint density at radius 2 is 1.88 bits per heavy atom. The molecule has 2 aliphatic heterocycles. The summed E-state index contributed by atoms with van der Waals surface area (Å²) >= 11 is 0. The van der Waals surface area contributed by atoms with E-state index in [4.69, 9.17) is 10.00 Å². The number of aromatic hydroxyl groups is 1. The van der Waals surface area contributed by atoms with E-state index in [0.717, 1.165) is 39.0 Å². The lowest BCUT2D eigenvalue weighted by Crippen LogP contribution is -2.47. The van der Waals surface area contributed by atoms with Gasteiger partial charge in [-0.05, 0) is 24.8 Å². The van der Waals surface area contributed by atoms with Gasteiger partial charge in [-0.25, -0.2) is 4.39 Å². The minimum atomic E-state index is -0.667. The van der Waals surface area contributed by atoms with Gasteiger partial charge in [-0.3, -0.25) is 4.90 Å². The quantitative estimate of drug-likeness (QED) is 0.828. The molecule has 0 radical (unpaired) electrons. The van der Waals surface area contributed by atoms with Crippen molar-refractivity contribution in [2.45, 2.75) is 18.9 Å². The molecular weight excluding hydrogens is 368 g/mol. The van der Waals surface area contributed by atoms with Gasteiger partial charge in [-0.2, -0.15) is 5.26 Å². The smallest absolute Gasteiger partial charge is 0.144 e. The summed E-state index contributed by atoms with van der Waals surface area (Å²) in [6.45, 7) is 4.96. The van der Waals surface area contributed by atoms with Crippen LogP contribution in [-0.4, -0.2) is 49.4 Å². The summed E-state index contributed by atoms with van der Waals surface area (Å²) in [4.78, 5) is 2.33. The molecule has 0 aromatic heterocycles. The molecule has 25 heavy (non-hydrogen) atoms. The van der Waals surface area contributed by atoms with Crippen LogP contribution in [0.4, 0.5) is 4.39 Å². The molecule has 0 spiro atoms.